The molecule has 148 valence electrons. The smallest absolute Gasteiger partial charge is 0.181 e. The summed E-state index contributed by atoms with van der Waals surface area (Å²) in [6.07, 6.45) is 5.44. The van der Waals surface area contributed by atoms with Crippen LogP contribution in [0.15, 0.2) is 41.4 Å². The van der Waals surface area contributed by atoms with E-state index >= 15 is 0 Å². The summed E-state index contributed by atoms with van der Waals surface area (Å²) in [5, 5.41) is 1.52. The molecular formula is C22H20ClN3O2S. The Labute approximate surface area is 177 Å². The van der Waals surface area contributed by atoms with E-state index in [1.165, 1.54) is 6.39 Å². The molecule has 4 rings (SSSR count). The predicted octanol–water partition coefficient (Wildman–Crippen LogP) is 5.79. The molecule has 0 atom stereocenters. The third-order valence-electron chi connectivity index (χ3n) is 4.75. The lowest BCUT2D eigenvalue weighted by Gasteiger charge is -2.13. The lowest BCUT2D eigenvalue weighted by atomic mass is 9.93. The number of aromatic nitrogens is 3. The summed E-state index contributed by atoms with van der Waals surface area (Å²) in [7, 11) is 0. The van der Waals surface area contributed by atoms with Gasteiger partial charge in [0.05, 0.1) is 16.2 Å². The van der Waals surface area contributed by atoms with Gasteiger partial charge in [-0.15, -0.1) is 0 Å². The van der Waals surface area contributed by atoms with Crippen LogP contribution in [0.4, 0.5) is 0 Å². The van der Waals surface area contributed by atoms with Crippen molar-refractivity contribution < 1.29 is 9.21 Å². The highest BCUT2D eigenvalue weighted by Crippen LogP contribution is 2.31. The Morgan fingerprint density at radius 1 is 1.24 bits per heavy atom. The molecule has 0 fully saturated rings. The number of hydrogen-bond acceptors (Lipinski definition) is 6. The number of Topliss-reactive ketones (excluding diaryl/α,β-unsaturated/α-hetero) is 1. The Morgan fingerprint density at radius 3 is 2.76 bits per heavy atom. The molecule has 0 N–H and O–H groups in total. The van der Waals surface area contributed by atoms with Gasteiger partial charge in [-0.05, 0) is 41.7 Å². The van der Waals surface area contributed by atoms with Crippen molar-refractivity contribution in [2.45, 2.75) is 39.5 Å². The van der Waals surface area contributed by atoms with E-state index in [-0.39, 0.29) is 11.7 Å². The van der Waals surface area contributed by atoms with Gasteiger partial charge in [-0.3, -0.25) is 4.79 Å². The molecule has 7 heteroatoms. The molecule has 0 radical (unpaired) electrons. The number of benzene rings is 1. The van der Waals surface area contributed by atoms with Gasteiger partial charge in [-0.2, -0.15) is 0 Å². The maximum atomic E-state index is 12.8. The number of halogens is 1. The maximum Gasteiger partial charge on any atom is 0.181 e. The van der Waals surface area contributed by atoms with Gasteiger partial charge >= 0.3 is 0 Å². The van der Waals surface area contributed by atoms with E-state index in [0.29, 0.717) is 23.6 Å². The molecule has 0 unspecified atom stereocenters. The van der Waals surface area contributed by atoms with Crippen molar-refractivity contribution in [2.24, 2.45) is 0 Å². The highest BCUT2D eigenvalue weighted by Gasteiger charge is 2.18. The third-order valence-corrected chi connectivity index (χ3v) is 5.94. The van der Waals surface area contributed by atoms with Crippen LogP contribution in [0.5, 0.6) is 0 Å². The van der Waals surface area contributed by atoms with E-state index in [9.17, 15) is 4.79 Å². The average molecular weight is 426 g/mol. The van der Waals surface area contributed by atoms with Gasteiger partial charge in [0, 0.05) is 24.6 Å². The normalized spacial score (nSPS) is 11.5. The zero-order valence-electron chi connectivity index (χ0n) is 16.4. The number of carbonyl (C=O) groups is 1. The second-order valence-corrected chi connectivity index (χ2v) is 8.90. The summed E-state index contributed by atoms with van der Waals surface area (Å²) >= 11 is 7.96. The first-order valence-corrected chi connectivity index (χ1v) is 10.6. The van der Waals surface area contributed by atoms with E-state index in [0.717, 1.165) is 37.6 Å². The summed E-state index contributed by atoms with van der Waals surface area (Å²) in [6.45, 7) is 6.23. The van der Waals surface area contributed by atoms with Gasteiger partial charge in [0.25, 0.3) is 0 Å². The highest BCUT2D eigenvalue weighted by atomic mass is 35.5. The molecule has 0 amide bonds. The molecule has 3 aromatic heterocycles. The Hall–Kier alpha value is -2.57. The van der Waals surface area contributed by atoms with Crippen LogP contribution in [0.2, 0.25) is 5.02 Å². The molecule has 5 nitrogen and oxygen atoms in total. The van der Waals surface area contributed by atoms with Crippen LogP contribution in [0.1, 0.15) is 41.5 Å². The molecule has 4 aromatic rings. The number of pyridine rings is 1. The standard InChI is InChI=1S/C22H20ClN3O2S/c1-12(2)20-15(9-25-22-21(20)26-13(3)29-22)8-16(27)6-14-4-5-17(18(23)7-14)19-10-24-11-28-19/h4-5,7,9-12H,6,8H2,1-3H3. The zero-order valence-corrected chi connectivity index (χ0v) is 18.0. The molecule has 0 bridgehead atoms. The van der Waals surface area contributed by atoms with Crippen LogP contribution in [0.3, 0.4) is 0 Å². The number of carbonyl (C=O) groups excluding carboxylic acids is 1. The SMILES string of the molecule is Cc1nc2c(C(C)C)c(CC(=O)Cc3ccc(-c4cnco4)c(Cl)c3)cnc2s1. The fourth-order valence-corrected chi connectivity index (χ4v) is 4.61. The number of ketones is 1. The van der Waals surface area contributed by atoms with E-state index in [4.69, 9.17) is 16.0 Å². The number of thiazole rings is 1. The van der Waals surface area contributed by atoms with E-state index in [1.54, 1.807) is 17.5 Å². The van der Waals surface area contributed by atoms with Crippen molar-refractivity contribution in [3.63, 3.8) is 0 Å². The molecule has 0 saturated heterocycles. The summed E-state index contributed by atoms with van der Waals surface area (Å²) < 4.78 is 5.30. The quantitative estimate of drug-likeness (QED) is 0.391. The van der Waals surface area contributed by atoms with Crippen LogP contribution in [0, 0.1) is 6.92 Å². The van der Waals surface area contributed by atoms with Crippen LogP contribution < -0.4 is 0 Å². The molecule has 0 spiro atoms. The lowest BCUT2D eigenvalue weighted by Crippen LogP contribution is -2.10. The lowest BCUT2D eigenvalue weighted by molar-refractivity contribution is -0.117. The van der Waals surface area contributed by atoms with Crippen molar-refractivity contribution in [3.05, 3.63) is 63.7 Å². The monoisotopic (exact) mass is 425 g/mol. The number of rotatable bonds is 6. The summed E-state index contributed by atoms with van der Waals surface area (Å²) in [6, 6.07) is 5.57. The van der Waals surface area contributed by atoms with E-state index in [2.05, 4.69) is 28.8 Å². The van der Waals surface area contributed by atoms with Crippen molar-refractivity contribution in [1.82, 2.24) is 15.0 Å². The van der Waals surface area contributed by atoms with Gasteiger partial charge in [0.15, 0.2) is 12.2 Å². The number of oxazole rings is 1. The van der Waals surface area contributed by atoms with Crippen molar-refractivity contribution in [3.8, 4) is 11.3 Å². The Bertz CT molecular complexity index is 1180. The number of aryl methyl sites for hydroxylation is 1. The molecule has 3 heterocycles. The summed E-state index contributed by atoms with van der Waals surface area (Å²) in [4.78, 5) is 26.8. The Morgan fingerprint density at radius 2 is 2.07 bits per heavy atom. The largest absolute Gasteiger partial charge is 0.443 e. The first-order valence-electron chi connectivity index (χ1n) is 9.36. The van der Waals surface area contributed by atoms with E-state index in [1.807, 2.05) is 31.3 Å². The van der Waals surface area contributed by atoms with Gasteiger partial charge < -0.3 is 4.42 Å². The highest BCUT2D eigenvalue weighted by molar-refractivity contribution is 7.18. The van der Waals surface area contributed by atoms with Crippen LogP contribution in [-0.4, -0.2) is 20.7 Å². The Balaban J connectivity index is 1.56. The second kappa shape index (κ2) is 8.05. The van der Waals surface area contributed by atoms with Crippen molar-refractivity contribution in [1.29, 1.82) is 0 Å². The fraction of sp³-hybridized carbons (Fsp3) is 0.273. The minimum absolute atomic E-state index is 0.114. The molecule has 29 heavy (non-hydrogen) atoms. The van der Waals surface area contributed by atoms with Gasteiger partial charge in [0.2, 0.25) is 0 Å². The van der Waals surface area contributed by atoms with Crippen LogP contribution in [-0.2, 0) is 17.6 Å². The van der Waals surface area contributed by atoms with Crippen LogP contribution >= 0.6 is 22.9 Å². The topological polar surface area (TPSA) is 68.9 Å². The zero-order chi connectivity index (χ0) is 20.5. The number of fused-ring (bicyclic) bond motifs is 1. The first-order chi connectivity index (χ1) is 13.9. The average Bonchev–Trinajstić information content (AvgIpc) is 3.30. The number of hydrogen-bond donors (Lipinski definition) is 0. The van der Waals surface area contributed by atoms with E-state index < -0.39 is 0 Å². The maximum absolute atomic E-state index is 12.8. The van der Waals surface area contributed by atoms with Gasteiger partial charge in [-0.1, -0.05) is 42.9 Å². The predicted molar refractivity (Wildman–Crippen MR) is 116 cm³/mol. The van der Waals surface area contributed by atoms with Crippen LogP contribution in [0.25, 0.3) is 21.7 Å². The van der Waals surface area contributed by atoms with Crippen molar-refractivity contribution in [2.75, 3.05) is 0 Å². The van der Waals surface area contributed by atoms with Crippen molar-refractivity contribution >= 4 is 39.1 Å². The molecule has 1 aromatic carbocycles. The number of nitrogens with zero attached hydrogens (tertiary/aromatic N) is 3. The molecule has 0 aliphatic carbocycles. The van der Waals surface area contributed by atoms with Gasteiger partial charge in [0.1, 0.15) is 16.1 Å². The third kappa shape index (κ3) is 4.09. The fourth-order valence-electron chi connectivity index (χ4n) is 3.54. The first kappa shape index (κ1) is 19.7. The summed E-state index contributed by atoms with van der Waals surface area (Å²) in [5.74, 6) is 0.983. The minimum Gasteiger partial charge on any atom is -0.443 e. The Kier molecular flexibility index (Phi) is 5.48. The summed E-state index contributed by atoms with van der Waals surface area (Å²) in [5.41, 5.74) is 4.62. The molecule has 0 aliphatic rings. The molecule has 0 aliphatic heterocycles. The minimum atomic E-state index is 0.114. The van der Waals surface area contributed by atoms with Gasteiger partial charge in [-0.25, -0.2) is 15.0 Å². The molecule has 0 saturated carbocycles. The molecular weight excluding hydrogens is 406 g/mol. The second-order valence-electron chi connectivity index (χ2n) is 7.31.